The van der Waals surface area contributed by atoms with E-state index in [9.17, 15) is 9.18 Å². The number of morpholine rings is 1. The lowest BCUT2D eigenvalue weighted by Crippen LogP contribution is -2.44. The van der Waals surface area contributed by atoms with Gasteiger partial charge in [0, 0.05) is 49.6 Å². The first-order valence-electron chi connectivity index (χ1n) is 13.3. The van der Waals surface area contributed by atoms with Crippen LogP contribution in [0.15, 0.2) is 90.3 Å². The number of thiazole rings is 1. The van der Waals surface area contributed by atoms with E-state index in [-0.39, 0.29) is 17.8 Å². The summed E-state index contributed by atoms with van der Waals surface area (Å²) in [5.41, 5.74) is 4.00. The number of urea groups is 1. The highest BCUT2D eigenvalue weighted by Crippen LogP contribution is 2.29. The lowest BCUT2D eigenvalue weighted by Gasteiger charge is -2.31. The van der Waals surface area contributed by atoms with Gasteiger partial charge in [0.1, 0.15) is 5.82 Å². The Labute approximate surface area is 233 Å². The molecule has 8 heteroatoms. The molecule has 4 aromatic rings. The van der Waals surface area contributed by atoms with Crippen LogP contribution in [0.25, 0.3) is 11.3 Å². The van der Waals surface area contributed by atoms with Crippen LogP contribution in [-0.4, -0.2) is 66.8 Å². The number of rotatable bonds is 10. The number of carbonyl (C=O) groups is 1. The SMILES string of the molecule is O=C(Nc1nc(-c2ccc(F)cc2)cs1)N(CCC(c1ccccc1)c1ccccc1)CCN1CCOCC1. The number of carbonyl (C=O) groups excluding carboxylic acids is 1. The quantitative estimate of drug-likeness (QED) is 0.253. The molecule has 3 aromatic carbocycles. The first-order chi connectivity index (χ1) is 19.2. The molecule has 1 aliphatic rings. The number of hydrogen-bond donors (Lipinski definition) is 1. The van der Waals surface area contributed by atoms with Gasteiger partial charge in [0.05, 0.1) is 18.9 Å². The summed E-state index contributed by atoms with van der Waals surface area (Å²) < 4.78 is 18.8. The predicted molar refractivity (Wildman–Crippen MR) is 155 cm³/mol. The summed E-state index contributed by atoms with van der Waals surface area (Å²) in [7, 11) is 0. The first-order valence-corrected chi connectivity index (χ1v) is 14.2. The third kappa shape index (κ3) is 7.50. The lowest BCUT2D eigenvalue weighted by molar-refractivity contribution is 0.0351. The van der Waals surface area contributed by atoms with Crippen LogP contribution >= 0.6 is 11.3 Å². The van der Waals surface area contributed by atoms with Crippen LogP contribution < -0.4 is 5.32 Å². The molecular weight excluding hydrogens is 511 g/mol. The molecule has 0 aliphatic carbocycles. The van der Waals surface area contributed by atoms with Crippen molar-refractivity contribution < 1.29 is 13.9 Å². The maximum atomic E-state index is 13.6. The van der Waals surface area contributed by atoms with Gasteiger partial charge in [-0.1, -0.05) is 60.7 Å². The number of aromatic nitrogens is 1. The molecule has 0 saturated carbocycles. The molecule has 0 bridgehead atoms. The number of hydrogen-bond acceptors (Lipinski definition) is 5. The summed E-state index contributed by atoms with van der Waals surface area (Å²) in [6, 6.07) is 27.0. The van der Waals surface area contributed by atoms with Crippen molar-refractivity contribution in [1.82, 2.24) is 14.8 Å². The smallest absolute Gasteiger partial charge is 0.323 e. The first kappa shape index (κ1) is 27.0. The molecule has 5 rings (SSSR count). The molecule has 1 fully saturated rings. The Morgan fingerprint density at radius 3 is 2.23 bits per heavy atom. The van der Waals surface area contributed by atoms with Gasteiger partial charge in [-0.3, -0.25) is 10.2 Å². The number of halogens is 1. The fourth-order valence-electron chi connectivity index (χ4n) is 4.84. The van der Waals surface area contributed by atoms with Gasteiger partial charge in [-0.25, -0.2) is 14.2 Å². The minimum Gasteiger partial charge on any atom is -0.379 e. The second kappa shape index (κ2) is 13.5. The summed E-state index contributed by atoms with van der Waals surface area (Å²) >= 11 is 1.37. The second-order valence-corrected chi connectivity index (χ2v) is 10.4. The Morgan fingerprint density at radius 1 is 0.949 bits per heavy atom. The van der Waals surface area contributed by atoms with Gasteiger partial charge >= 0.3 is 6.03 Å². The van der Waals surface area contributed by atoms with Crippen molar-refractivity contribution in [1.29, 1.82) is 0 Å². The largest absolute Gasteiger partial charge is 0.379 e. The molecule has 6 nitrogen and oxygen atoms in total. The molecular formula is C31H33FN4O2S. The number of amides is 2. The fraction of sp³-hybridized carbons (Fsp3) is 0.290. The van der Waals surface area contributed by atoms with E-state index >= 15 is 0 Å². The van der Waals surface area contributed by atoms with Crippen molar-refractivity contribution in [3.63, 3.8) is 0 Å². The van der Waals surface area contributed by atoms with E-state index in [2.05, 4.69) is 63.7 Å². The van der Waals surface area contributed by atoms with Crippen molar-refractivity contribution in [3.8, 4) is 11.3 Å². The summed E-state index contributed by atoms with van der Waals surface area (Å²) in [6.45, 7) is 5.19. The van der Waals surface area contributed by atoms with E-state index in [0.717, 1.165) is 44.8 Å². The van der Waals surface area contributed by atoms with Crippen LogP contribution in [0.2, 0.25) is 0 Å². The molecule has 1 N–H and O–H groups in total. The van der Waals surface area contributed by atoms with Gasteiger partial charge in [0.2, 0.25) is 0 Å². The molecule has 2 amide bonds. The fourth-order valence-corrected chi connectivity index (χ4v) is 5.55. The van der Waals surface area contributed by atoms with Gasteiger partial charge in [-0.05, 0) is 41.8 Å². The third-order valence-electron chi connectivity index (χ3n) is 7.03. The van der Waals surface area contributed by atoms with E-state index in [1.807, 2.05) is 22.4 Å². The Balaban J connectivity index is 1.30. The topological polar surface area (TPSA) is 57.7 Å². The van der Waals surface area contributed by atoms with Crippen LogP contribution in [0.1, 0.15) is 23.5 Å². The second-order valence-electron chi connectivity index (χ2n) is 9.58. The Hall–Kier alpha value is -3.59. The average Bonchev–Trinajstić information content (AvgIpc) is 3.45. The molecule has 0 unspecified atom stereocenters. The lowest BCUT2D eigenvalue weighted by atomic mass is 9.88. The molecule has 202 valence electrons. The molecule has 1 saturated heterocycles. The Kier molecular flexibility index (Phi) is 9.32. The summed E-state index contributed by atoms with van der Waals surface area (Å²) in [5, 5.41) is 5.41. The average molecular weight is 545 g/mol. The zero-order valence-electron chi connectivity index (χ0n) is 21.8. The molecule has 1 aromatic heterocycles. The van der Waals surface area contributed by atoms with Crippen molar-refractivity contribution >= 4 is 22.5 Å². The highest BCUT2D eigenvalue weighted by molar-refractivity contribution is 7.14. The summed E-state index contributed by atoms with van der Waals surface area (Å²) in [5.74, 6) is -0.112. The number of anilines is 1. The van der Waals surface area contributed by atoms with Gasteiger partial charge in [0.15, 0.2) is 5.13 Å². The van der Waals surface area contributed by atoms with E-state index in [4.69, 9.17) is 4.74 Å². The van der Waals surface area contributed by atoms with Crippen molar-refractivity contribution in [3.05, 3.63) is 107 Å². The molecule has 39 heavy (non-hydrogen) atoms. The highest BCUT2D eigenvalue weighted by atomic mass is 32.1. The predicted octanol–water partition coefficient (Wildman–Crippen LogP) is 6.34. The monoisotopic (exact) mass is 544 g/mol. The van der Waals surface area contributed by atoms with Gasteiger partial charge in [-0.15, -0.1) is 11.3 Å². The van der Waals surface area contributed by atoms with Crippen LogP contribution in [0, 0.1) is 5.82 Å². The highest BCUT2D eigenvalue weighted by Gasteiger charge is 2.21. The summed E-state index contributed by atoms with van der Waals surface area (Å²) in [4.78, 5) is 22.4. The van der Waals surface area contributed by atoms with Crippen LogP contribution in [0.5, 0.6) is 0 Å². The minimum absolute atomic E-state index is 0.164. The molecule has 1 aliphatic heterocycles. The third-order valence-corrected chi connectivity index (χ3v) is 7.78. The van der Waals surface area contributed by atoms with Crippen molar-refractivity contribution in [2.24, 2.45) is 0 Å². The zero-order chi connectivity index (χ0) is 26.9. The van der Waals surface area contributed by atoms with Crippen molar-refractivity contribution in [2.75, 3.05) is 51.3 Å². The van der Waals surface area contributed by atoms with Crippen LogP contribution in [0.4, 0.5) is 14.3 Å². The zero-order valence-corrected chi connectivity index (χ0v) is 22.7. The number of ether oxygens (including phenoxy) is 1. The molecule has 0 atom stereocenters. The van der Waals surface area contributed by atoms with E-state index < -0.39 is 0 Å². The summed E-state index contributed by atoms with van der Waals surface area (Å²) in [6.07, 6.45) is 0.795. The van der Waals surface area contributed by atoms with Gasteiger partial charge in [-0.2, -0.15) is 0 Å². The van der Waals surface area contributed by atoms with E-state index in [0.29, 0.717) is 23.9 Å². The maximum Gasteiger partial charge on any atom is 0.323 e. The normalized spacial score (nSPS) is 13.9. The Bertz CT molecular complexity index is 1270. The van der Waals surface area contributed by atoms with Gasteiger partial charge < -0.3 is 9.64 Å². The standard InChI is InChI=1S/C31H33FN4O2S/c32-27-13-11-26(12-14-27)29-23-39-30(33-29)34-31(37)36(18-17-35-19-21-38-22-20-35)16-15-28(24-7-3-1-4-8-24)25-9-5-2-6-10-25/h1-14,23,28H,15-22H2,(H,33,34,37). The van der Waals surface area contributed by atoms with E-state index in [1.165, 1.54) is 34.6 Å². The molecule has 0 spiro atoms. The maximum absolute atomic E-state index is 13.6. The molecule has 2 heterocycles. The van der Waals surface area contributed by atoms with Gasteiger partial charge in [0.25, 0.3) is 0 Å². The van der Waals surface area contributed by atoms with Crippen molar-refractivity contribution in [2.45, 2.75) is 12.3 Å². The Morgan fingerprint density at radius 2 is 1.59 bits per heavy atom. The number of benzene rings is 3. The van der Waals surface area contributed by atoms with Crippen LogP contribution in [-0.2, 0) is 4.74 Å². The van der Waals surface area contributed by atoms with E-state index in [1.54, 1.807) is 12.1 Å². The minimum atomic E-state index is -0.289. The molecule has 0 radical (unpaired) electrons. The van der Waals surface area contributed by atoms with Crippen LogP contribution in [0.3, 0.4) is 0 Å². The number of nitrogens with zero attached hydrogens (tertiary/aromatic N) is 3. The number of nitrogens with one attached hydrogen (secondary N) is 1.